The molecule has 0 unspecified atom stereocenters. The van der Waals surface area contributed by atoms with E-state index in [2.05, 4.69) is 55.2 Å². The van der Waals surface area contributed by atoms with Gasteiger partial charge in [-0.15, -0.1) is 10.2 Å². The van der Waals surface area contributed by atoms with Gasteiger partial charge in [-0.1, -0.05) is 45.0 Å². The first-order valence-electron chi connectivity index (χ1n) is 8.30. The summed E-state index contributed by atoms with van der Waals surface area (Å²) in [6, 6.07) is 15.5. The molecule has 3 rings (SSSR count). The monoisotopic (exact) mass is 336 g/mol. The Labute approximate surface area is 148 Å². The van der Waals surface area contributed by atoms with Gasteiger partial charge in [-0.25, -0.2) is 0 Å². The van der Waals surface area contributed by atoms with E-state index in [0.29, 0.717) is 5.82 Å². The molecule has 0 atom stereocenters. The number of nitrogens with zero attached hydrogens (tertiary/aromatic N) is 4. The molecule has 25 heavy (non-hydrogen) atoms. The van der Waals surface area contributed by atoms with E-state index in [0.717, 1.165) is 17.2 Å². The molecule has 0 aliphatic carbocycles. The number of anilines is 1. The van der Waals surface area contributed by atoms with Gasteiger partial charge in [0, 0.05) is 19.7 Å². The highest BCUT2D eigenvalue weighted by Gasteiger charge is 2.19. The highest BCUT2D eigenvalue weighted by molar-refractivity contribution is 5.63. The van der Waals surface area contributed by atoms with E-state index >= 15 is 0 Å². The Balaban J connectivity index is 2.23. The fourth-order valence-electron chi connectivity index (χ4n) is 2.75. The van der Waals surface area contributed by atoms with Gasteiger partial charge in [0.15, 0.2) is 5.82 Å². The van der Waals surface area contributed by atoms with Crippen LogP contribution < -0.4 is 4.90 Å². The summed E-state index contributed by atoms with van der Waals surface area (Å²) >= 11 is 0. The Morgan fingerprint density at radius 2 is 1.68 bits per heavy atom. The predicted octanol–water partition coefficient (Wildman–Crippen LogP) is 4.00. The number of rotatable bonds is 3. The van der Waals surface area contributed by atoms with Gasteiger partial charge in [0.1, 0.15) is 5.75 Å². The minimum atomic E-state index is 0.0491. The summed E-state index contributed by atoms with van der Waals surface area (Å²) in [5, 5.41) is 18.6. The second kappa shape index (κ2) is 6.24. The lowest BCUT2D eigenvalue weighted by Gasteiger charge is -2.21. The molecule has 1 N–H and O–H groups in total. The van der Waals surface area contributed by atoms with Crippen molar-refractivity contribution in [1.29, 1.82) is 0 Å². The topological polar surface area (TPSA) is 54.2 Å². The van der Waals surface area contributed by atoms with Gasteiger partial charge < -0.3 is 10.0 Å². The molecule has 5 nitrogen and oxygen atoms in total. The van der Waals surface area contributed by atoms with E-state index < -0.39 is 0 Å². The van der Waals surface area contributed by atoms with Crippen LogP contribution in [-0.2, 0) is 5.41 Å². The van der Waals surface area contributed by atoms with Crippen molar-refractivity contribution < 1.29 is 5.11 Å². The molecule has 5 heteroatoms. The number of benzene rings is 2. The summed E-state index contributed by atoms with van der Waals surface area (Å²) in [5.41, 5.74) is 3.11. The van der Waals surface area contributed by atoms with Crippen LogP contribution in [0.5, 0.6) is 5.75 Å². The van der Waals surface area contributed by atoms with E-state index in [9.17, 15) is 5.11 Å². The van der Waals surface area contributed by atoms with Gasteiger partial charge in [-0.3, -0.25) is 4.57 Å². The molecule has 0 radical (unpaired) electrons. The minimum absolute atomic E-state index is 0.0491. The second-order valence-electron chi connectivity index (χ2n) is 7.40. The predicted molar refractivity (Wildman–Crippen MR) is 101 cm³/mol. The largest absolute Gasteiger partial charge is 0.508 e. The highest BCUT2D eigenvalue weighted by Crippen LogP contribution is 2.30. The maximum Gasteiger partial charge on any atom is 0.231 e. The third-order valence-corrected chi connectivity index (χ3v) is 4.12. The molecule has 0 amide bonds. The maximum absolute atomic E-state index is 9.83. The summed E-state index contributed by atoms with van der Waals surface area (Å²) < 4.78 is 2.02. The Hall–Kier alpha value is -2.82. The van der Waals surface area contributed by atoms with Crippen LogP contribution in [0.1, 0.15) is 26.3 Å². The number of aromatic hydroxyl groups is 1. The van der Waals surface area contributed by atoms with Gasteiger partial charge in [-0.05, 0) is 35.2 Å². The van der Waals surface area contributed by atoms with E-state index in [-0.39, 0.29) is 11.2 Å². The van der Waals surface area contributed by atoms with E-state index in [4.69, 9.17) is 0 Å². The van der Waals surface area contributed by atoms with Crippen molar-refractivity contribution >= 4 is 5.95 Å². The summed E-state index contributed by atoms with van der Waals surface area (Å²) in [7, 11) is 3.89. The normalized spacial score (nSPS) is 11.6. The molecule has 0 fully saturated rings. The molecule has 3 aromatic rings. The lowest BCUT2D eigenvalue weighted by molar-refractivity contribution is 0.475. The standard InChI is InChI=1S/C20H24N4O/c1-20(2,3)15-9-7-10-16(13-15)24-18(21-22-19(24)23(4)5)14-8-6-11-17(25)12-14/h6-13,25H,1-5H3. The average molecular weight is 336 g/mol. The van der Waals surface area contributed by atoms with E-state index in [1.54, 1.807) is 12.1 Å². The van der Waals surface area contributed by atoms with Gasteiger partial charge in [0.2, 0.25) is 5.95 Å². The van der Waals surface area contributed by atoms with Crippen LogP contribution in [-0.4, -0.2) is 34.0 Å². The molecule has 1 heterocycles. The zero-order chi connectivity index (χ0) is 18.2. The first-order valence-corrected chi connectivity index (χ1v) is 8.30. The molecule has 1 aromatic heterocycles. The van der Waals surface area contributed by atoms with Crippen molar-refractivity contribution in [3.63, 3.8) is 0 Å². The van der Waals surface area contributed by atoms with Crippen LogP contribution in [0.4, 0.5) is 5.95 Å². The molecule has 0 aliphatic heterocycles. The van der Waals surface area contributed by atoms with Crippen LogP contribution in [0.2, 0.25) is 0 Å². The van der Waals surface area contributed by atoms with Crippen molar-refractivity contribution in [3.8, 4) is 22.8 Å². The third kappa shape index (κ3) is 3.36. The molecule has 2 aromatic carbocycles. The number of hydrogen-bond acceptors (Lipinski definition) is 4. The fraction of sp³-hybridized carbons (Fsp3) is 0.300. The van der Waals surface area contributed by atoms with Crippen molar-refractivity contribution in [1.82, 2.24) is 14.8 Å². The van der Waals surface area contributed by atoms with Crippen LogP contribution in [0.25, 0.3) is 17.1 Å². The summed E-state index contributed by atoms with van der Waals surface area (Å²) in [6.07, 6.45) is 0. The van der Waals surface area contributed by atoms with E-state index in [1.807, 2.05) is 35.7 Å². The molecule has 0 aliphatic rings. The molecule has 0 saturated carbocycles. The summed E-state index contributed by atoms with van der Waals surface area (Å²) in [6.45, 7) is 6.59. The average Bonchev–Trinajstić information content (AvgIpc) is 2.99. The SMILES string of the molecule is CN(C)c1nnc(-c2cccc(O)c2)n1-c1cccc(C(C)(C)C)c1. The summed E-state index contributed by atoms with van der Waals surface area (Å²) in [4.78, 5) is 1.93. The molecular weight excluding hydrogens is 312 g/mol. The zero-order valence-electron chi connectivity index (χ0n) is 15.4. The Morgan fingerprint density at radius 1 is 0.960 bits per heavy atom. The van der Waals surface area contributed by atoms with Crippen molar-refractivity contribution in [2.75, 3.05) is 19.0 Å². The Kier molecular flexibility index (Phi) is 4.25. The van der Waals surface area contributed by atoms with Crippen LogP contribution in [0.15, 0.2) is 48.5 Å². The van der Waals surface area contributed by atoms with Crippen molar-refractivity contribution in [2.24, 2.45) is 0 Å². The Bertz CT molecular complexity index is 891. The molecule has 0 bridgehead atoms. The van der Waals surface area contributed by atoms with Gasteiger partial charge in [0.25, 0.3) is 0 Å². The first-order chi connectivity index (χ1) is 11.8. The van der Waals surface area contributed by atoms with Crippen molar-refractivity contribution in [3.05, 3.63) is 54.1 Å². The lowest BCUT2D eigenvalue weighted by atomic mass is 9.87. The van der Waals surface area contributed by atoms with Crippen LogP contribution in [0, 0.1) is 0 Å². The molecule has 0 spiro atoms. The number of phenols is 1. The number of hydrogen-bond donors (Lipinski definition) is 1. The molecule has 130 valence electrons. The van der Waals surface area contributed by atoms with Crippen molar-refractivity contribution in [2.45, 2.75) is 26.2 Å². The zero-order valence-corrected chi connectivity index (χ0v) is 15.4. The molecular formula is C20H24N4O. The highest BCUT2D eigenvalue weighted by atomic mass is 16.3. The van der Waals surface area contributed by atoms with Crippen LogP contribution in [0.3, 0.4) is 0 Å². The number of aromatic nitrogens is 3. The fourth-order valence-corrected chi connectivity index (χ4v) is 2.75. The molecule has 0 saturated heterocycles. The maximum atomic E-state index is 9.83. The number of phenolic OH excluding ortho intramolecular Hbond substituents is 1. The Morgan fingerprint density at radius 3 is 2.32 bits per heavy atom. The van der Waals surface area contributed by atoms with Gasteiger partial charge in [-0.2, -0.15) is 0 Å². The third-order valence-electron chi connectivity index (χ3n) is 4.12. The first kappa shape index (κ1) is 17.0. The smallest absolute Gasteiger partial charge is 0.231 e. The van der Waals surface area contributed by atoms with E-state index in [1.165, 1.54) is 5.56 Å². The van der Waals surface area contributed by atoms with Gasteiger partial charge >= 0.3 is 0 Å². The lowest BCUT2D eigenvalue weighted by Crippen LogP contribution is -2.16. The van der Waals surface area contributed by atoms with Gasteiger partial charge in [0.05, 0.1) is 5.69 Å². The summed E-state index contributed by atoms with van der Waals surface area (Å²) in [5.74, 6) is 1.65. The minimum Gasteiger partial charge on any atom is -0.508 e. The van der Waals surface area contributed by atoms with Crippen LogP contribution >= 0.6 is 0 Å². The quantitative estimate of drug-likeness (QED) is 0.785. The second-order valence-corrected chi connectivity index (χ2v) is 7.40.